The first-order chi connectivity index (χ1) is 7.42. The summed E-state index contributed by atoms with van der Waals surface area (Å²) < 4.78 is 23.0. The van der Waals surface area contributed by atoms with E-state index in [-0.39, 0.29) is 29.2 Å². The Hall–Kier alpha value is -0.0500. The smallest absolute Gasteiger partial charge is 0.188 e. The van der Waals surface area contributed by atoms with Crippen LogP contribution in [0.4, 0.5) is 0 Å². The first-order valence-electron chi connectivity index (χ1n) is 5.67. The van der Waals surface area contributed by atoms with Gasteiger partial charge in [-0.05, 0) is 18.8 Å². The van der Waals surface area contributed by atoms with Crippen LogP contribution in [0.5, 0.6) is 0 Å². The number of hydrogen-bond donors (Lipinski definition) is 2. The lowest BCUT2D eigenvalue weighted by Gasteiger charge is -2.11. The van der Waals surface area contributed by atoms with Crippen LogP contribution in [0.25, 0.3) is 0 Å². The highest BCUT2D eigenvalue weighted by Crippen LogP contribution is 2.18. The molecular weight excluding hydrogens is 353 g/mol. The van der Waals surface area contributed by atoms with E-state index in [1.165, 1.54) is 0 Å². The van der Waals surface area contributed by atoms with Gasteiger partial charge in [0.05, 0.1) is 11.0 Å². The molecule has 1 saturated heterocycles. The Kier molecular flexibility index (Phi) is 7.38. The second-order valence-corrected chi connectivity index (χ2v) is 7.03. The van der Waals surface area contributed by atoms with Gasteiger partial charge in [-0.25, -0.2) is 8.42 Å². The third kappa shape index (κ3) is 5.89. The lowest BCUT2D eigenvalue weighted by atomic mass is 10.2. The van der Waals surface area contributed by atoms with Crippen molar-refractivity contribution < 1.29 is 8.42 Å². The van der Waals surface area contributed by atoms with Crippen molar-refractivity contribution in [3.63, 3.8) is 0 Å². The lowest BCUT2D eigenvalue weighted by Crippen LogP contribution is -2.39. The summed E-state index contributed by atoms with van der Waals surface area (Å²) in [5.74, 6) is 1.11. The molecule has 7 heteroatoms. The highest BCUT2D eigenvalue weighted by Gasteiger charge is 2.30. The summed E-state index contributed by atoms with van der Waals surface area (Å²) in [5.41, 5.74) is 5.63. The Morgan fingerprint density at radius 2 is 2.18 bits per heavy atom. The summed E-state index contributed by atoms with van der Waals surface area (Å²) >= 11 is 0. The summed E-state index contributed by atoms with van der Waals surface area (Å²) in [4.78, 5) is 4.12. The molecule has 0 amide bonds. The van der Waals surface area contributed by atoms with E-state index in [1.807, 2.05) is 0 Å². The third-order valence-corrected chi connectivity index (χ3v) is 4.88. The average Bonchev–Trinajstić information content (AvgIpc) is 2.51. The van der Waals surface area contributed by atoms with Gasteiger partial charge in [0.15, 0.2) is 15.8 Å². The first-order valence-corrected chi connectivity index (χ1v) is 7.38. The number of halogens is 1. The molecule has 5 nitrogen and oxygen atoms in total. The van der Waals surface area contributed by atoms with Crippen molar-refractivity contribution in [3.8, 4) is 0 Å². The molecule has 102 valence electrons. The zero-order valence-corrected chi connectivity index (χ0v) is 13.5. The molecule has 0 radical (unpaired) electrons. The number of nitrogens with two attached hydrogens (primary N) is 1. The van der Waals surface area contributed by atoms with Crippen molar-refractivity contribution in [1.82, 2.24) is 5.32 Å². The van der Waals surface area contributed by atoms with Gasteiger partial charge >= 0.3 is 0 Å². The summed E-state index contributed by atoms with van der Waals surface area (Å²) in [6, 6.07) is 0. The summed E-state index contributed by atoms with van der Waals surface area (Å²) in [7, 11) is -2.89. The van der Waals surface area contributed by atoms with E-state index < -0.39 is 9.84 Å². The predicted molar refractivity (Wildman–Crippen MR) is 81.6 cm³/mol. The second kappa shape index (κ2) is 7.40. The van der Waals surface area contributed by atoms with Gasteiger partial charge in [0.2, 0.25) is 0 Å². The van der Waals surface area contributed by atoms with Gasteiger partial charge in [-0.1, -0.05) is 13.8 Å². The van der Waals surface area contributed by atoms with Crippen LogP contribution in [0, 0.1) is 5.92 Å². The van der Waals surface area contributed by atoms with Gasteiger partial charge in [0.25, 0.3) is 0 Å². The van der Waals surface area contributed by atoms with Gasteiger partial charge in [0.1, 0.15) is 0 Å². The van der Waals surface area contributed by atoms with E-state index in [2.05, 4.69) is 24.2 Å². The molecule has 0 aromatic heterocycles. The Morgan fingerprint density at radius 3 is 2.65 bits per heavy atom. The predicted octanol–water partition coefficient (Wildman–Crippen LogP) is 0.742. The van der Waals surface area contributed by atoms with Crippen LogP contribution < -0.4 is 11.1 Å². The number of sulfone groups is 1. The van der Waals surface area contributed by atoms with Gasteiger partial charge in [0, 0.05) is 13.1 Å². The molecular formula is C10H22IN3O2S. The minimum Gasteiger partial charge on any atom is -0.370 e. The molecule has 0 aliphatic carbocycles. The molecule has 1 heterocycles. The third-order valence-electron chi connectivity index (χ3n) is 2.60. The molecule has 1 unspecified atom stereocenters. The largest absolute Gasteiger partial charge is 0.370 e. The Morgan fingerprint density at radius 1 is 1.53 bits per heavy atom. The number of aliphatic imine (C=N–C) groups is 1. The van der Waals surface area contributed by atoms with Gasteiger partial charge in [-0.2, -0.15) is 0 Å². The minimum absolute atomic E-state index is 0. The molecule has 3 N–H and O–H groups in total. The highest BCUT2D eigenvalue weighted by molar-refractivity contribution is 14.0. The van der Waals surface area contributed by atoms with Crippen molar-refractivity contribution in [2.24, 2.45) is 16.6 Å². The standard InChI is InChI=1S/C10H21N3O2S.HI/c1-8(2)6-12-10(11)13-7-9-4-3-5-16(9,14)15;/h8-9H,3-7H2,1-2H3,(H3,11,12,13);1H. The Labute approximate surface area is 121 Å². The summed E-state index contributed by atoms with van der Waals surface area (Å²) in [6.45, 7) is 5.16. The second-order valence-electron chi connectivity index (χ2n) is 4.63. The minimum atomic E-state index is -2.89. The first kappa shape index (κ1) is 16.9. The summed E-state index contributed by atoms with van der Waals surface area (Å²) in [5, 5.41) is 2.59. The van der Waals surface area contributed by atoms with Crippen molar-refractivity contribution in [2.75, 3.05) is 18.8 Å². The fraction of sp³-hybridized carbons (Fsp3) is 0.900. The van der Waals surface area contributed by atoms with Crippen LogP contribution in [0.15, 0.2) is 4.99 Å². The fourth-order valence-corrected chi connectivity index (χ4v) is 3.41. The zero-order valence-electron chi connectivity index (χ0n) is 10.3. The van der Waals surface area contributed by atoms with E-state index in [1.54, 1.807) is 0 Å². The molecule has 1 aliphatic heterocycles. The molecule has 0 spiro atoms. The van der Waals surface area contributed by atoms with Crippen LogP contribution in [-0.2, 0) is 9.84 Å². The van der Waals surface area contributed by atoms with Crippen LogP contribution in [-0.4, -0.2) is 38.5 Å². The number of nitrogens with one attached hydrogen (secondary N) is 1. The summed E-state index contributed by atoms with van der Waals surface area (Å²) in [6.07, 6.45) is 1.49. The van der Waals surface area contributed by atoms with Crippen LogP contribution in [0.2, 0.25) is 0 Å². The van der Waals surface area contributed by atoms with E-state index in [0.29, 0.717) is 30.7 Å². The number of hydrogen-bond acceptors (Lipinski definition) is 3. The maximum atomic E-state index is 11.5. The molecule has 1 atom stereocenters. The van der Waals surface area contributed by atoms with E-state index >= 15 is 0 Å². The molecule has 1 rings (SSSR count). The fourth-order valence-electron chi connectivity index (χ4n) is 1.64. The topological polar surface area (TPSA) is 84.5 Å². The van der Waals surface area contributed by atoms with Crippen molar-refractivity contribution in [2.45, 2.75) is 31.9 Å². The maximum absolute atomic E-state index is 11.5. The van der Waals surface area contributed by atoms with Crippen LogP contribution in [0.3, 0.4) is 0 Å². The molecule has 0 saturated carbocycles. The van der Waals surface area contributed by atoms with Gasteiger partial charge in [-0.15, -0.1) is 24.0 Å². The van der Waals surface area contributed by atoms with Crippen molar-refractivity contribution in [3.05, 3.63) is 0 Å². The van der Waals surface area contributed by atoms with Crippen LogP contribution in [0.1, 0.15) is 26.7 Å². The molecule has 1 fully saturated rings. The number of nitrogens with zero attached hydrogens (tertiary/aromatic N) is 1. The molecule has 0 bridgehead atoms. The Balaban J connectivity index is 0.00000256. The molecule has 1 aliphatic rings. The average molecular weight is 375 g/mol. The monoisotopic (exact) mass is 375 g/mol. The van der Waals surface area contributed by atoms with E-state index in [0.717, 1.165) is 12.8 Å². The normalized spacial score (nSPS) is 23.5. The Bertz CT molecular complexity index is 355. The zero-order chi connectivity index (χ0) is 12.2. The quantitative estimate of drug-likeness (QED) is 0.431. The van der Waals surface area contributed by atoms with E-state index in [9.17, 15) is 8.42 Å². The SMILES string of the molecule is CC(C)CN=C(N)NCC1CCCS1(=O)=O.I. The molecule has 0 aromatic rings. The highest BCUT2D eigenvalue weighted by atomic mass is 127. The lowest BCUT2D eigenvalue weighted by molar-refractivity contribution is 0.586. The van der Waals surface area contributed by atoms with Crippen LogP contribution >= 0.6 is 24.0 Å². The molecule has 17 heavy (non-hydrogen) atoms. The van der Waals surface area contributed by atoms with Crippen molar-refractivity contribution in [1.29, 1.82) is 0 Å². The number of guanidine groups is 1. The van der Waals surface area contributed by atoms with Gasteiger partial charge in [-0.3, -0.25) is 4.99 Å². The van der Waals surface area contributed by atoms with E-state index in [4.69, 9.17) is 5.73 Å². The van der Waals surface area contributed by atoms with Gasteiger partial charge < -0.3 is 11.1 Å². The maximum Gasteiger partial charge on any atom is 0.188 e. The molecule has 0 aromatic carbocycles. The van der Waals surface area contributed by atoms with Crippen molar-refractivity contribution >= 4 is 39.8 Å². The number of rotatable bonds is 4.